The highest BCUT2D eigenvalue weighted by molar-refractivity contribution is 6.21. The Morgan fingerprint density at radius 3 is 2.62 bits per heavy atom. The first-order valence-corrected chi connectivity index (χ1v) is 4.85. The minimum Gasteiger partial charge on any atom is -0.350 e. The van der Waals surface area contributed by atoms with Gasteiger partial charge in [0.05, 0.1) is 5.38 Å². The molecule has 2 atom stereocenters. The second-order valence-corrected chi connectivity index (χ2v) is 3.49. The van der Waals surface area contributed by atoms with E-state index in [9.17, 15) is 0 Å². The van der Waals surface area contributed by atoms with Crippen molar-refractivity contribution >= 4 is 17.5 Å². The van der Waals surface area contributed by atoms with Gasteiger partial charge in [-0.2, -0.15) is 0 Å². The minimum atomic E-state index is 0.115. The van der Waals surface area contributed by atoms with Gasteiger partial charge in [-0.15, -0.1) is 11.6 Å². The molecule has 1 heterocycles. The maximum atomic E-state index is 6.05. The van der Waals surface area contributed by atoms with E-state index < -0.39 is 0 Å². The van der Waals surface area contributed by atoms with Crippen molar-refractivity contribution in [1.82, 2.24) is 9.97 Å². The SMILES string of the molecule is CCC(Cl)C(C)Nc1ncccn1. The third kappa shape index (κ3) is 3.19. The molecule has 0 aliphatic rings. The molecule has 4 heteroatoms. The number of rotatable bonds is 4. The molecular formula is C9H14ClN3. The highest BCUT2D eigenvalue weighted by atomic mass is 35.5. The summed E-state index contributed by atoms with van der Waals surface area (Å²) in [5.41, 5.74) is 0. The Kier molecular flexibility index (Phi) is 3.96. The fourth-order valence-electron chi connectivity index (χ4n) is 1.02. The summed E-state index contributed by atoms with van der Waals surface area (Å²) in [5.74, 6) is 0.633. The lowest BCUT2D eigenvalue weighted by Crippen LogP contribution is -2.26. The molecule has 0 aromatic carbocycles. The van der Waals surface area contributed by atoms with Crippen molar-refractivity contribution in [1.29, 1.82) is 0 Å². The van der Waals surface area contributed by atoms with Gasteiger partial charge in [0.2, 0.25) is 5.95 Å². The van der Waals surface area contributed by atoms with Crippen LogP contribution in [0, 0.1) is 0 Å². The third-order valence-corrected chi connectivity index (χ3v) is 2.54. The zero-order valence-corrected chi connectivity index (χ0v) is 8.62. The molecule has 2 unspecified atom stereocenters. The van der Waals surface area contributed by atoms with Crippen LogP contribution in [0.15, 0.2) is 18.5 Å². The zero-order chi connectivity index (χ0) is 9.68. The van der Waals surface area contributed by atoms with Crippen LogP contribution in [0.1, 0.15) is 20.3 Å². The molecular weight excluding hydrogens is 186 g/mol. The Morgan fingerprint density at radius 2 is 2.08 bits per heavy atom. The van der Waals surface area contributed by atoms with E-state index in [-0.39, 0.29) is 11.4 Å². The average molecular weight is 200 g/mol. The first-order valence-electron chi connectivity index (χ1n) is 4.41. The maximum Gasteiger partial charge on any atom is 0.222 e. The smallest absolute Gasteiger partial charge is 0.222 e. The summed E-state index contributed by atoms with van der Waals surface area (Å²) < 4.78 is 0. The van der Waals surface area contributed by atoms with Crippen molar-refractivity contribution in [2.45, 2.75) is 31.7 Å². The van der Waals surface area contributed by atoms with Crippen LogP contribution in [0.5, 0.6) is 0 Å². The molecule has 0 spiro atoms. The van der Waals surface area contributed by atoms with Crippen LogP contribution < -0.4 is 5.32 Å². The predicted octanol–water partition coefficient (Wildman–Crippen LogP) is 2.29. The molecule has 72 valence electrons. The van der Waals surface area contributed by atoms with Crippen LogP contribution in [0.4, 0.5) is 5.95 Å². The summed E-state index contributed by atoms with van der Waals surface area (Å²) in [6, 6.07) is 1.97. The lowest BCUT2D eigenvalue weighted by Gasteiger charge is -2.17. The highest BCUT2D eigenvalue weighted by Gasteiger charge is 2.12. The van der Waals surface area contributed by atoms with E-state index in [0.717, 1.165) is 6.42 Å². The Bertz CT molecular complexity index is 240. The van der Waals surface area contributed by atoms with E-state index in [1.807, 2.05) is 6.92 Å². The van der Waals surface area contributed by atoms with E-state index in [1.54, 1.807) is 18.5 Å². The number of hydrogen-bond donors (Lipinski definition) is 1. The summed E-state index contributed by atoms with van der Waals surface area (Å²) in [6.45, 7) is 4.08. The minimum absolute atomic E-state index is 0.115. The molecule has 0 saturated carbocycles. The third-order valence-electron chi connectivity index (χ3n) is 1.86. The molecule has 1 aromatic heterocycles. The molecule has 3 nitrogen and oxygen atoms in total. The second kappa shape index (κ2) is 5.02. The fraction of sp³-hybridized carbons (Fsp3) is 0.556. The van der Waals surface area contributed by atoms with Crippen LogP contribution in [0.3, 0.4) is 0 Å². The molecule has 0 bridgehead atoms. The Morgan fingerprint density at radius 1 is 1.46 bits per heavy atom. The number of anilines is 1. The molecule has 1 rings (SSSR count). The highest BCUT2D eigenvalue weighted by Crippen LogP contribution is 2.10. The Hall–Kier alpha value is -0.830. The van der Waals surface area contributed by atoms with Gasteiger partial charge < -0.3 is 5.32 Å². The Labute approximate surface area is 83.5 Å². The summed E-state index contributed by atoms with van der Waals surface area (Å²) >= 11 is 6.05. The van der Waals surface area contributed by atoms with Crippen LogP contribution in [0.2, 0.25) is 0 Å². The summed E-state index contributed by atoms with van der Waals surface area (Å²) in [5, 5.41) is 3.25. The van der Waals surface area contributed by atoms with Crippen LogP contribution in [-0.2, 0) is 0 Å². The van der Waals surface area contributed by atoms with Crippen molar-refractivity contribution in [2.75, 3.05) is 5.32 Å². The largest absolute Gasteiger partial charge is 0.350 e. The number of nitrogens with zero attached hydrogens (tertiary/aromatic N) is 2. The van der Waals surface area contributed by atoms with Gasteiger partial charge in [-0.05, 0) is 19.4 Å². The van der Waals surface area contributed by atoms with E-state index in [2.05, 4.69) is 22.2 Å². The molecule has 1 N–H and O–H groups in total. The number of aromatic nitrogens is 2. The van der Waals surface area contributed by atoms with Gasteiger partial charge in [0.25, 0.3) is 0 Å². The molecule has 0 aliphatic carbocycles. The quantitative estimate of drug-likeness (QED) is 0.757. The van der Waals surface area contributed by atoms with Gasteiger partial charge in [-0.3, -0.25) is 0 Å². The molecule has 0 radical (unpaired) electrons. The van der Waals surface area contributed by atoms with Gasteiger partial charge in [0.15, 0.2) is 0 Å². The lowest BCUT2D eigenvalue weighted by molar-refractivity contribution is 0.693. The number of hydrogen-bond acceptors (Lipinski definition) is 3. The average Bonchev–Trinajstić information content (AvgIpc) is 2.18. The normalized spacial score (nSPS) is 15.0. The van der Waals surface area contributed by atoms with Crippen LogP contribution in [-0.4, -0.2) is 21.4 Å². The van der Waals surface area contributed by atoms with E-state index >= 15 is 0 Å². The monoisotopic (exact) mass is 199 g/mol. The van der Waals surface area contributed by atoms with Crippen LogP contribution in [0.25, 0.3) is 0 Å². The molecule has 0 saturated heterocycles. The molecule has 0 aliphatic heterocycles. The maximum absolute atomic E-state index is 6.05. The van der Waals surface area contributed by atoms with E-state index in [4.69, 9.17) is 11.6 Å². The standard InChI is InChI=1S/C9H14ClN3/c1-3-8(10)7(2)13-9-11-5-4-6-12-9/h4-8H,3H2,1-2H3,(H,11,12,13). The van der Waals surface area contributed by atoms with Crippen molar-refractivity contribution < 1.29 is 0 Å². The first kappa shape index (κ1) is 10.3. The van der Waals surface area contributed by atoms with Crippen LogP contribution >= 0.6 is 11.6 Å². The van der Waals surface area contributed by atoms with Crippen molar-refractivity contribution in [3.63, 3.8) is 0 Å². The van der Waals surface area contributed by atoms with Gasteiger partial charge in [0.1, 0.15) is 0 Å². The number of alkyl halides is 1. The van der Waals surface area contributed by atoms with Gasteiger partial charge >= 0.3 is 0 Å². The van der Waals surface area contributed by atoms with Gasteiger partial charge in [-0.1, -0.05) is 6.92 Å². The van der Waals surface area contributed by atoms with Gasteiger partial charge in [0, 0.05) is 18.4 Å². The fourth-order valence-corrected chi connectivity index (χ4v) is 1.08. The molecule has 0 fully saturated rings. The molecule has 0 amide bonds. The second-order valence-electron chi connectivity index (χ2n) is 2.93. The van der Waals surface area contributed by atoms with E-state index in [0.29, 0.717) is 5.95 Å². The van der Waals surface area contributed by atoms with E-state index in [1.165, 1.54) is 0 Å². The van der Waals surface area contributed by atoms with Crippen molar-refractivity contribution in [2.24, 2.45) is 0 Å². The molecule has 1 aromatic rings. The molecule has 13 heavy (non-hydrogen) atoms. The predicted molar refractivity (Wildman–Crippen MR) is 55.0 cm³/mol. The zero-order valence-electron chi connectivity index (χ0n) is 7.87. The lowest BCUT2D eigenvalue weighted by atomic mass is 10.2. The Balaban J connectivity index is 2.50. The van der Waals surface area contributed by atoms with Crippen molar-refractivity contribution in [3.05, 3.63) is 18.5 Å². The van der Waals surface area contributed by atoms with Crippen molar-refractivity contribution in [3.8, 4) is 0 Å². The number of nitrogens with one attached hydrogen (secondary N) is 1. The number of halogens is 1. The summed E-state index contributed by atoms with van der Waals surface area (Å²) in [6.07, 6.45) is 4.34. The summed E-state index contributed by atoms with van der Waals surface area (Å²) in [4.78, 5) is 8.11. The first-order chi connectivity index (χ1) is 6.24. The summed E-state index contributed by atoms with van der Waals surface area (Å²) in [7, 11) is 0. The topological polar surface area (TPSA) is 37.8 Å². The van der Waals surface area contributed by atoms with Gasteiger partial charge in [-0.25, -0.2) is 9.97 Å².